The molecule has 0 aliphatic carbocycles. The molecule has 0 spiro atoms. The second-order valence-electron chi connectivity index (χ2n) is 6.59. The average Bonchev–Trinajstić information content (AvgIpc) is 2.67. The molecule has 152 valence electrons. The van der Waals surface area contributed by atoms with Crippen molar-refractivity contribution in [1.82, 2.24) is 0 Å². The third-order valence-corrected chi connectivity index (χ3v) is 4.37. The van der Waals surface area contributed by atoms with Crippen molar-refractivity contribution in [2.45, 2.75) is 25.4 Å². The molecule has 0 unspecified atom stereocenters. The van der Waals surface area contributed by atoms with Crippen molar-refractivity contribution in [2.24, 2.45) is 0 Å². The molecule has 0 saturated heterocycles. The highest BCUT2D eigenvalue weighted by Crippen LogP contribution is 2.39. The predicted octanol–water partition coefficient (Wildman–Crippen LogP) is 6.93. The van der Waals surface area contributed by atoms with Crippen LogP contribution in [0, 0.1) is 0 Å². The zero-order chi connectivity index (χ0) is 21.1. The first-order chi connectivity index (χ1) is 13.6. The third kappa shape index (κ3) is 5.53. The molecule has 3 aromatic rings. The van der Waals surface area contributed by atoms with Gasteiger partial charge in [0.1, 0.15) is 0 Å². The lowest BCUT2D eigenvalue weighted by Gasteiger charge is -2.27. The Morgan fingerprint density at radius 2 is 0.931 bits per heavy atom. The summed E-state index contributed by atoms with van der Waals surface area (Å²) in [5.74, 6) is 0. The van der Waals surface area contributed by atoms with Crippen LogP contribution < -0.4 is 4.90 Å². The molecule has 0 aliphatic heterocycles. The molecule has 0 radical (unpaired) electrons. The van der Waals surface area contributed by atoms with Crippen molar-refractivity contribution in [1.29, 1.82) is 0 Å². The molecule has 0 aliphatic rings. The van der Waals surface area contributed by atoms with Crippen molar-refractivity contribution in [2.75, 3.05) is 4.90 Å². The summed E-state index contributed by atoms with van der Waals surface area (Å²) in [5, 5.41) is 0. The average molecular weight is 409 g/mol. The fraction of sp³-hybridized carbons (Fsp3) is 0.182. The first-order valence-electron chi connectivity index (χ1n) is 8.75. The summed E-state index contributed by atoms with van der Waals surface area (Å²) in [6.07, 6.45) is -9.78. The Hall–Kier alpha value is -2.96. The van der Waals surface area contributed by atoms with Crippen LogP contribution in [0.3, 0.4) is 0 Å². The molecule has 0 atom stereocenters. The Morgan fingerprint density at radius 1 is 0.552 bits per heavy atom. The smallest absolute Gasteiger partial charge is 0.363 e. The number of anilines is 1. The van der Waals surface area contributed by atoms with E-state index in [2.05, 4.69) is 0 Å². The molecule has 0 fully saturated rings. The van der Waals surface area contributed by atoms with Gasteiger partial charge in [0, 0.05) is 18.8 Å². The van der Waals surface area contributed by atoms with Gasteiger partial charge in [-0.15, -0.1) is 0 Å². The highest BCUT2D eigenvalue weighted by molar-refractivity contribution is 5.53. The number of hydrogen-bond donors (Lipinski definition) is 0. The van der Waals surface area contributed by atoms with Gasteiger partial charge in [-0.25, -0.2) is 0 Å². The van der Waals surface area contributed by atoms with E-state index in [0.717, 1.165) is 23.3 Å². The van der Waals surface area contributed by atoms with Crippen LogP contribution in [-0.4, -0.2) is 0 Å². The van der Waals surface area contributed by atoms with Crippen LogP contribution in [0.5, 0.6) is 0 Å². The minimum Gasteiger partial charge on any atom is -0.363 e. The molecule has 0 bridgehead atoms. The van der Waals surface area contributed by atoms with Gasteiger partial charge in [0.15, 0.2) is 0 Å². The minimum atomic E-state index is -4.89. The minimum absolute atomic E-state index is 0.139. The van der Waals surface area contributed by atoms with Gasteiger partial charge in [-0.1, -0.05) is 60.7 Å². The Morgan fingerprint density at radius 3 is 1.28 bits per heavy atom. The quantitative estimate of drug-likeness (QED) is 0.413. The zero-order valence-corrected chi connectivity index (χ0v) is 15.1. The largest absolute Gasteiger partial charge is 0.416 e. The molecule has 0 amide bonds. The topological polar surface area (TPSA) is 3.24 Å². The standard InChI is InChI=1S/C22H17F6N/c23-21(24,25)18-11-19(22(26,27)28)13-20(12-18)29(14-16-7-3-1-4-8-16)15-17-9-5-2-6-10-17/h1-13H,14-15H2. The van der Waals surface area contributed by atoms with Gasteiger partial charge in [-0.3, -0.25) is 0 Å². The van der Waals surface area contributed by atoms with E-state index in [0.29, 0.717) is 0 Å². The van der Waals surface area contributed by atoms with Crippen LogP contribution >= 0.6 is 0 Å². The number of rotatable bonds is 5. The Labute approximate surface area is 164 Å². The van der Waals surface area contributed by atoms with Gasteiger partial charge in [0.25, 0.3) is 0 Å². The van der Waals surface area contributed by atoms with E-state index in [-0.39, 0.29) is 24.8 Å². The number of alkyl halides is 6. The highest BCUT2D eigenvalue weighted by Gasteiger charge is 2.37. The molecule has 0 saturated carbocycles. The van der Waals surface area contributed by atoms with E-state index >= 15 is 0 Å². The predicted molar refractivity (Wildman–Crippen MR) is 99.2 cm³/mol. The van der Waals surface area contributed by atoms with Crippen LogP contribution in [0.25, 0.3) is 0 Å². The molecule has 0 aromatic heterocycles. The van der Waals surface area contributed by atoms with E-state index in [1.807, 2.05) is 0 Å². The molecule has 3 aromatic carbocycles. The lowest BCUT2D eigenvalue weighted by molar-refractivity contribution is -0.143. The fourth-order valence-corrected chi connectivity index (χ4v) is 2.97. The van der Waals surface area contributed by atoms with E-state index < -0.39 is 23.5 Å². The summed E-state index contributed by atoms with van der Waals surface area (Å²) in [7, 11) is 0. The molecule has 0 heterocycles. The van der Waals surface area contributed by atoms with Crippen molar-refractivity contribution in [3.63, 3.8) is 0 Å². The fourth-order valence-electron chi connectivity index (χ4n) is 2.97. The van der Waals surface area contributed by atoms with Crippen molar-refractivity contribution < 1.29 is 26.3 Å². The Bertz CT molecular complexity index is 859. The second-order valence-corrected chi connectivity index (χ2v) is 6.59. The molecule has 29 heavy (non-hydrogen) atoms. The molecule has 7 heteroatoms. The monoisotopic (exact) mass is 409 g/mol. The van der Waals surface area contributed by atoms with Gasteiger partial charge in [0.05, 0.1) is 11.1 Å². The summed E-state index contributed by atoms with van der Waals surface area (Å²) < 4.78 is 79.6. The van der Waals surface area contributed by atoms with E-state index in [9.17, 15) is 26.3 Å². The van der Waals surface area contributed by atoms with Crippen molar-refractivity contribution in [3.05, 3.63) is 101 Å². The molecular formula is C22H17F6N. The van der Waals surface area contributed by atoms with Gasteiger partial charge >= 0.3 is 12.4 Å². The summed E-state index contributed by atoms with van der Waals surface area (Å²) in [6, 6.07) is 19.4. The van der Waals surface area contributed by atoms with Gasteiger partial charge < -0.3 is 4.90 Å². The molecular weight excluding hydrogens is 392 g/mol. The maximum atomic E-state index is 13.3. The SMILES string of the molecule is FC(F)(F)c1cc(N(Cc2ccccc2)Cc2ccccc2)cc(C(F)(F)F)c1. The summed E-state index contributed by atoms with van der Waals surface area (Å²) in [5.41, 5.74) is -1.24. The third-order valence-electron chi connectivity index (χ3n) is 4.37. The number of benzene rings is 3. The van der Waals surface area contributed by atoms with Gasteiger partial charge in [0.2, 0.25) is 0 Å². The lowest BCUT2D eigenvalue weighted by atomic mass is 10.1. The maximum Gasteiger partial charge on any atom is 0.416 e. The first kappa shape index (κ1) is 20.8. The van der Waals surface area contributed by atoms with Crippen molar-refractivity contribution in [3.8, 4) is 0 Å². The maximum absolute atomic E-state index is 13.3. The lowest BCUT2D eigenvalue weighted by Crippen LogP contribution is -2.23. The van der Waals surface area contributed by atoms with Gasteiger partial charge in [-0.05, 0) is 29.3 Å². The number of nitrogens with zero attached hydrogens (tertiary/aromatic N) is 1. The Kier molecular flexibility index (Phi) is 5.86. The Balaban J connectivity index is 2.08. The summed E-state index contributed by atoms with van der Waals surface area (Å²) in [6.45, 7) is 0.322. The van der Waals surface area contributed by atoms with Crippen LogP contribution in [-0.2, 0) is 25.4 Å². The molecule has 3 rings (SSSR count). The summed E-state index contributed by atoms with van der Waals surface area (Å²) in [4.78, 5) is 1.51. The normalized spacial score (nSPS) is 12.1. The second kappa shape index (κ2) is 8.19. The first-order valence-corrected chi connectivity index (χ1v) is 8.75. The molecule has 0 N–H and O–H groups in total. The summed E-state index contributed by atoms with van der Waals surface area (Å²) >= 11 is 0. The van der Waals surface area contributed by atoms with E-state index in [1.54, 1.807) is 60.7 Å². The van der Waals surface area contributed by atoms with E-state index in [1.165, 1.54) is 4.90 Å². The molecule has 1 nitrogen and oxygen atoms in total. The van der Waals surface area contributed by atoms with Crippen LogP contribution in [0.2, 0.25) is 0 Å². The van der Waals surface area contributed by atoms with Gasteiger partial charge in [-0.2, -0.15) is 26.3 Å². The number of halogens is 6. The van der Waals surface area contributed by atoms with Crippen LogP contribution in [0.4, 0.5) is 32.0 Å². The van der Waals surface area contributed by atoms with Crippen LogP contribution in [0.15, 0.2) is 78.9 Å². The zero-order valence-electron chi connectivity index (χ0n) is 15.1. The highest BCUT2D eigenvalue weighted by atomic mass is 19.4. The number of hydrogen-bond acceptors (Lipinski definition) is 1. The van der Waals surface area contributed by atoms with E-state index in [4.69, 9.17) is 0 Å². The van der Waals surface area contributed by atoms with Crippen LogP contribution in [0.1, 0.15) is 22.3 Å². The van der Waals surface area contributed by atoms with Crippen molar-refractivity contribution >= 4 is 5.69 Å².